The summed E-state index contributed by atoms with van der Waals surface area (Å²) < 4.78 is 11.6. The SMILES string of the molecule is Nc1cnc2c(c1)N(CCOCCN(CCO)CCO)CCN2CCOCCN(CCO)CCO. The van der Waals surface area contributed by atoms with Gasteiger partial charge >= 0.3 is 0 Å². The molecule has 0 fully saturated rings. The van der Waals surface area contributed by atoms with Crippen LogP contribution in [0.1, 0.15) is 0 Å². The molecule has 1 aliphatic rings. The summed E-state index contributed by atoms with van der Waals surface area (Å²) in [7, 11) is 0. The highest BCUT2D eigenvalue weighted by atomic mass is 16.5. The Morgan fingerprint density at radius 3 is 1.74 bits per heavy atom. The number of aromatic nitrogens is 1. The molecular weight excluding hydrogens is 456 g/mol. The highest BCUT2D eigenvalue weighted by Gasteiger charge is 2.24. The Morgan fingerprint density at radius 1 is 0.743 bits per heavy atom. The van der Waals surface area contributed by atoms with E-state index < -0.39 is 0 Å². The number of aliphatic hydroxyl groups is 4. The van der Waals surface area contributed by atoms with E-state index in [1.54, 1.807) is 6.20 Å². The second-order valence-electron chi connectivity index (χ2n) is 8.39. The lowest BCUT2D eigenvalue weighted by atomic mass is 10.2. The molecule has 1 aromatic heterocycles. The van der Waals surface area contributed by atoms with Crippen LogP contribution < -0.4 is 15.5 Å². The zero-order chi connectivity index (χ0) is 25.3. The Morgan fingerprint density at radius 2 is 1.23 bits per heavy atom. The van der Waals surface area contributed by atoms with Gasteiger partial charge in [-0.15, -0.1) is 0 Å². The van der Waals surface area contributed by atoms with Crippen molar-refractivity contribution >= 4 is 17.2 Å². The number of ether oxygens (including phenoxy) is 2. The topological polar surface area (TPSA) is 151 Å². The Labute approximate surface area is 208 Å². The summed E-state index contributed by atoms with van der Waals surface area (Å²) in [5.41, 5.74) is 7.62. The standard InChI is InChI=1S/C23H44N6O6/c24-21-19-22-23(25-20-21)29(10-18-35-16-8-27(5-13-32)6-14-33)2-1-28(22)9-17-34-15-7-26(3-11-30)4-12-31/h19-20,30-33H,1-18,24H2. The Hall–Kier alpha value is -1.77. The number of hydrogen-bond acceptors (Lipinski definition) is 12. The van der Waals surface area contributed by atoms with Crippen LogP contribution in [0, 0.1) is 0 Å². The van der Waals surface area contributed by atoms with Crippen LogP contribution in [-0.2, 0) is 9.47 Å². The first-order valence-electron chi connectivity index (χ1n) is 12.4. The van der Waals surface area contributed by atoms with E-state index >= 15 is 0 Å². The van der Waals surface area contributed by atoms with E-state index in [1.807, 2.05) is 15.9 Å². The zero-order valence-corrected chi connectivity index (χ0v) is 20.8. The molecule has 1 aromatic rings. The summed E-state index contributed by atoms with van der Waals surface area (Å²) in [6.45, 7) is 8.92. The highest BCUT2D eigenvalue weighted by molar-refractivity contribution is 5.72. The number of fused-ring (bicyclic) bond motifs is 1. The number of rotatable bonds is 20. The van der Waals surface area contributed by atoms with Gasteiger partial charge in [-0.25, -0.2) is 4.98 Å². The van der Waals surface area contributed by atoms with Crippen molar-refractivity contribution in [2.45, 2.75) is 0 Å². The third-order valence-electron chi connectivity index (χ3n) is 5.93. The Kier molecular flexibility index (Phi) is 14.8. The van der Waals surface area contributed by atoms with E-state index in [0.717, 1.165) is 24.6 Å². The second-order valence-corrected chi connectivity index (χ2v) is 8.39. The van der Waals surface area contributed by atoms with E-state index in [0.29, 0.717) is 84.5 Å². The third-order valence-corrected chi connectivity index (χ3v) is 5.93. The summed E-state index contributed by atoms with van der Waals surface area (Å²) in [6, 6.07) is 1.95. The lowest BCUT2D eigenvalue weighted by Crippen LogP contribution is -2.44. The second kappa shape index (κ2) is 17.6. The van der Waals surface area contributed by atoms with Gasteiger partial charge in [-0.1, -0.05) is 0 Å². The molecule has 0 amide bonds. The lowest BCUT2D eigenvalue weighted by molar-refractivity contribution is 0.0890. The molecule has 0 radical (unpaired) electrons. The fraction of sp³-hybridized carbons (Fsp3) is 0.783. The minimum atomic E-state index is 0.0619. The van der Waals surface area contributed by atoms with Gasteiger partial charge in [-0.3, -0.25) is 9.80 Å². The molecule has 35 heavy (non-hydrogen) atoms. The zero-order valence-electron chi connectivity index (χ0n) is 20.8. The summed E-state index contributed by atoms with van der Waals surface area (Å²) in [5, 5.41) is 36.4. The number of hydrogen-bond donors (Lipinski definition) is 5. The van der Waals surface area contributed by atoms with Gasteiger partial charge in [0, 0.05) is 65.4 Å². The van der Waals surface area contributed by atoms with Crippen LogP contribution in [0.25, 0.3) is 0 Å². The molecule has 0 aromatic carbocycles. The van der Waals surface area contributed by atoms with Crippen LogP contribution in [0.5, 0.6) is 0 Å². The largest absolute Gasteiger partial charge is 0.397 e. The number of pyridine rings is 1. The van der Waals surface area contributed by atoms with Crippen molar-refractivity contribution in [1.29, 1.82) is 0 Å². The molecule has 1 aliphatic heterocycles. The minimum Gasteiger partial charge on any atom is -0.397 e. The lowest BCUT2D eigenvalue weighted by Gasteiger charge is -2.38. The maximum atomic E-state index is 9.10. The van der Waals surface area contributed by atoms with Crippen LogP contribution in [0.15, 0.2) is 12.3 Å². The molecule has 2 heterocycles. The van der Waals surface area contributed by atoms with Crippen molar-refractivity contribution < 1.29 is 29.9 Å². The summed E-state index contributed by atoms with van der Waals surface area (Å²) in [5.74, 6) is 0.883. The predicted molar refractivity (Wildman–Crippen MR) is 136 cm³/mol. The van der Waals surface area contributed by atoms with Crippen molar-refractivity contribution in [2.75, 3.05) is 134 Å². The van der Waals surface area contributed by atoms with E-state index in [9.17, 15) is 0 Å². The first-order valence-corrected chi connectivity index (χ1v) is 12.4. The fourth-order valence-electron chi connectivity index (χ4n) is 4.03. The maximum Gasteiger partial charge on any atom is 0.152 e. The van der Waals surface area contributed by atoms with Crippen molar-refractivity contribution in [3.8, 4) is 0 Å². The van der Waals surface area contributed by atoms with Gasteiger partial charge < -0.3 is 45.4 Å². The molecule has 0 unspecified atom stereocenters. The van der Waals surface area contributed by atoms with E-state index in [4.69, 9.17) is 35.6 Å². The molecular formula is C23H44N6O6. The Balaban J connectivity index is 1.78. The van der Waals surface area contributed by atoms with Crippen LogP contribution in [0.4, 0.5) is 17.2 Å². The highest BCUT2D eigenvalue weighted by Crippen LogP contribution is 2.32. The molecule has 0 atom stereocenters. The number of nitrogens with two attached hydrogens (primary N) is 1. The summed E-state index contributed by atoms with van der Waals surface area (Å²) in [4.78, 5) is 13.0. The van der Waals surface area contributed by atoms with Crippen molar-refractivity contribution in [3.63, 3.8) is 0 Å². The molecule has 0 aliphatic carbocycles. The Bertz CT molecular complexity index is 676. The van der Waals surface area contributed by atoms with Crippen LogP contribution >= 0.6 is 0 Å². The number of aliphatic hydroxyl groups excluding tert-OH is 4. The first kappa shape index (κ1) is 29.5. The van der Waals surface area contributed by atoms with Gasteiger partial charge in [-0.2, -0.15) is 0 Å². The van der Waals surface area contributed by atoms with Gasteiger partial charge in [0.1, 0.15) is 0 Å². The van der Waals surface area contributed by atoms with Crippen molar-refractivity contribution in [3.05, 3.63) is 12.3 Å². The molecule has 0 saturated carbocycles. The fourth-order valence-corrected chi connectivity index (χ4v) is 4.03. The molecule has 12 heteroatoms. The van der Waals surface area contributed by atoms with Gasteiger partial charge in [0.15, 0.2) is 5.82 Å². The van der Waals surface area contributed by atoms with E-state index in [-0.39, 0.29) is 26.4 Å². The third kappa shape index (κ3) is 10.8. The molecule has 0 saturated heterocycles. The van der Waals surface area contributed by atoms with Crippen LogP contribution in [0.2, 0.25) is 0 Å². The average Bonchev–Trinajstić information content (AvgIpc) is 2.84. The van der Waals surface area contributed by atoms with E-state index in [2.05, 4.69) is 14.8 Å². The quantitative estimate of drug-likeness (QED) is 0.125. The van der Waals surface area contributed by atoms with Gasteiger partial charge in [-0.05, 0) is 6.07 Å². The molecule has 202 valence electrons. The molecule has 0 bridgehead atoms. The molecule has 0 spiro atoms. The number of nitrogens with zero attached hydrogens (tertiary/aromatic N) is 5. The molecule has 12 nitrogen and oxygen atoms in total. The monoisotopic (exact) mass is 500 g/mol. The van der Waals surface area contributed by atoms with Crippen LogP contribution in [0.3, 0.4) is 0 Å². The summed E-state index contributed by atoms with van der Waals surface area (Å²) >= 11 is 0. The maximum absolute atomic E-state index is 9.10. The number of nitrogen functional groups attached to an aromatic ring is 1. The van der Waals surface area contributed by atoms with E-state index in [1.165, 1.54) is 0 Å². The predicted octanol–water partition coefficient (Wildman–Crippen LogP) is -2.10. The molecule has 2 rings (SSSR count). The first-order chi connectivity index (χ1) is 17.1. The minimum absolute atomic E-state index is 0.0619. The normalized spacial score (nSPS) is 13.8. The number of anilines is 3. The van der Waals surface area contributed by atoms with Crippen molar-refractivity contribution in [1.82, 2.24) is 14.8 Å². The van der Waals surface area contributed by atoms with Crippen molar-refractivity contribution in [2.24, 2.45) is 0 Å². The van der Waals surface area contributed by atoms with Gasteiger partial charge in [0.05, 0.1) is 70.4 Å². The summed E-state index contributed by atoms with van der Waals surface area (Å²) in [6.07, 6.45) is 1.67. The van der Waals surface area contributed by atoms with Gasteiger partial charge in [0.25, 0.3) is 0 Å². The average molecular weight is 501 g/mol. The van der Waals surface area contributed by atoms with Gasteiger partial charge in [0.2, 0.25) is 0 Å². The smallest absolute Gasteiger partial charge is 0.152 e. The van der Waals surface area contributed by atoms with Crippen LogP contribution in [-0.4, -0.2) is 154 Å². The molecule has 6 N–H and O–H groups in total.